The lowest BCUT2D eigenvalue weighted by Gasteiger charge is -2.33. The van der Waals surface area contributed by atoms with E-state index in [4.69, 9.17) is 14.2 Å². The Morgan fingerprint density at radius 1 is 1.38 bits per heavy atom. The number of ether oxygens (including phenoxy) is 3. The lowest BCUT2D eigenvalue weighted by molar-refractivity contribution is -0.202. The zero-order chi connectivity index (χ0) is 15.4. The summed E-state index contributed by atoms with van der Waals surface area (Å²) in [7, 11) is 2.96. The normalized spacial score (nSPS) is 34.5. The summed E-state index contributed by atoms with van der Waals surface area (Å²) in [6.07, 6.45) is -0.662. The van der Waals surface area contributed by atoms with Gasteiger partial charge in [-0.15, -0.1) is 0 Å². The molecule has 1 aromatic carbocycles. The van der Waals surface area contributed by atoms with E-state index in [1.54, 1.807) is 13.0 Å². The van der Waals surface area contributed by atoms with E-state index in [1.807, 2.05) is 0 Å². The van der Waals surface area contributed by atoms with Crippen LogP contribution >= 0.6 is 0 Å². The van der Waals surface area contributed by atoms with E-state index in [2.05, 4.69) is 0 Å². The maximum Gasteiger partial charge on any atom is 0.169 e. The largest absolute Gasteiger partial charge is 0.507 e. The molecular formula is C15H18O6. The molecule has 2 aliphatic rings. The fraction of sp³-hybridized carbons (Fsp3) is 0.533. The van der Waals surface area contributed by atoms with Crippen molar-refractivity contribution in [1.82, 2.24) is 0 Å². The van der Waals surface area contributed by atoms with Crippen molar-refractivity contribution >= 4 is 5.78 Å². The third-order valence-electron chi connectivity index (χ3n) is 4.30. The van der Waals surface area contributed by atoms with E-state index in [0.717, 1.165) is 0 Å². The first-order valence-corrected chi connectivity index (χ1v) is 6.71. The predicted octanol–water partition coefficient (Wildman–Crippen LogP) is 1.54. The second-order valence-corrected chi connectivity index (χ2v) is 5.83. The second kappa shape index (κ2) is 4.43. The number of benzene rings is 1. The molecule has 6 nitrogen and oxygen atoms in total. The zero-order valence-electron chi connectivity index (χ0n) is 12.2. The third-order valence-corrected chi connectivity index (χ3v) is 4.30. The van der Waals surface area contributed by atoms with Gasteiger partial charge in [0.05, 0.1) is 12.7 Å². The minimum Gasteiger partial charge on any atom is -0.507 e. The summed E-state index contributed by atoms with van der Waals surface area (Å²) in [5.74, 6) is -1.04. The minimum absolute atomic E-state index is 0.108. The van der Waals surface area contributed by atoms with Crippen molar-refractivity contribution in [2.24, 2.45) is 0 Å². The van der Waals surface area contributed by atoms with E-state index in [1.165, 1.54) is 20.3 Å². The van der Waals surface area contributed by atoms with Crippen molar-refractivity contribution in [2.75, 3.05) is 14.2 Å². The fourth-order valence-corrected chi connectivity index (χ4v) is 3.29. The molecule has 1 aliphatic heterocycles. The highest BCUT2D eigenvalue weighted by Crippen LogP contribution is 2.54. The molecule has 0 saturated carbocycles. The van der Waals surface area contributed by atoms with Gasteiger partial charge in [0.15, 0.2) is 11.6 Å². The Balaban J connectivity index is 2.17. The van der Waals surface area contributed by atoms with Gasteiger partial charge in [0.25, 0.3) is 0 Å². The first-order valence-electron chi connectivity index (χ1n) is 6.71. The molecule has 1 aromatic rings. The van der Waals surface area contributed by atoms with Crippen LogP contribution in [0.15, 0.2) is 12.1 Å². The number of carbonyl (C=O) groups excluding carboxylic acids is 1. The zero-order valence-corrected chi connectivity index (χ0v) is 12.2. The number of Topliss-reactive ketones (excluding diaryl/α,β-unsaturated/α-hetero) is 1. The smallest absolute Gasteiger partial charge is 0.169 e. The topological polar surface area (TPSA) is 85.2 Å². The van der Waals surface area contributed by atoms with Crippen LogP contribution in [0.2, 0.25) is 0 Å². The number of hydrogen-bond donors (Lipinski definition) is 2. The number of methoxy groups -OCH3 is 2. The Labute approximate surface area is 122 Å². The molecule has 2 N–H and O–H groups in total. The van der Waals surface area contributed by atoms with Gasteiger partial charge in [-0.2, -0.15) is 0 Å². The van der Waals surface area contributed by atoms with Crippen LogP contribution in [0.25, 0.3) is 0 Å². The van der Waals surface area contributed by atoms with Crippen LogP contribution in [-0.4, -0.2) is 41.6 Å². The highest BCUT2D eigenvalue weighted by molar-refractivity contribution is 6.02. The van der Waals surface area contributed by atoms with Crippen molar-refractivity contribution in [1.29, 1.82) is 0 Å². The molecule has 0 aromatic heterocycles. The van der Waals surface area contributed by atoms with Crippen molar-refractivity contribution in [3.63, 3.8) is 0 Å². The minimum atomic E-state index is -1.34. The Kier molecular flexibility index (Phi) is 3.02. The molecule has 21 heavy (non-hydrogen) atoms. The average molecular weight is 294 g/mol. The van der Waals surface area contributed by atoms with Gasteiger partial charge in [-0.1, -0.05) is 0 Å². The molecule has 0 amide bonds. The molecule has 1 saturated heterocycles. The van der Waals surface area contributed by atoms with Crippen LogP contribution in [-0.2, 0) is 9.47 Å². The van der Waals surface area contributed by atoms with Gasteiger partial charge >= 0.3 is 0 Å². The average Bonchev–Trinajstić information content (AvgIpc) is 2.69. The molecule has 1 fully saturated rings. The molecule has 1 heterocycles. The van der Waals surface area contributed by atoms with Crippen LogP contribution < -0.4 is 4.74 Å². The second-order valence-electron chi connectivity index (χ2n) is 5.83. The number of ketones is 1. The van der Waals surface area contributed by atoms with Gasteiger partial charge in [-0.25, -0.2) is 0 Å². The summed E-state index contributed by atoms with van der Waals surface area (Å²) in [5.41, 5.74) is -0.717. The Hall–Kier alpha value is -1.63. The summed E-state index contributed by atoms with van der Waals surface area (Å²) < 4.78 is 16.3. The van der Waals surface area contributed by atoms with Crippen molar-refractivity contribution in [3.05, 3.63) is 23.3 Å². The lowest BCUT2D eigenvalue weighted by atomic mass is 9.76. The van der Waals surface area contributed by atoms with Crippen LogP contribution in [0.1, 0.15) is 41.8 Å². The van der Waals surface area contributed by atoms with Crippen LogP contribution in [0.3, 0.4) is 0 Å². The van der Waals surface area contributed by atoms with Crippen molar-refractivity contribution < 1.29 is 29.2 Å². The SMILES string of the molecule is COc1cc(O)c2c(c1)[C@@H]1OC(C)(OC)C[C@]1(O)CC2=O. The molecule has 0 spiro atoms. The highest BCUT2D eigenvalue weighted by atomic mass is 16.7. The number of aliphatic hydroxyl groups is 1. The van der Waals surface area contributed by atoms with Crippen molar-refractivity contribution in [3.8, 4) is 11.5 Å². The number of fused-ring (bicyclic) bond motifs is 3. The highest BCUT2D eigenvalue weighted by Gasteiger charge is 2.58. The molecule has 1 unspecified atom stereocenters. The van der Waals surface area contributed by atoms with Crippen LogP contribution in [0.4, 0.5) is 0 Å². The molecule has 0 bridgehead atoms. The van der Waals surface area contributed by atoms with E-state index in [9.17, 15) is 15.0 Å². The summed E-state index contributed by atoms with van der Waals surface area (Å²) >= 11 is 0. The van der Waals surface area contributed by atoms with Gasteiger partial charge in [0.2, 0.25) is 0 Å². The van der Waals surface area contributed by atoms with Gasteiger partial charge in [0.1, 0.15) is 23.2 Å². The summed E-state index contributed by atoms with van der Waals surface area (Å²) in [6, 6.07) is 2.99. The maximum atomic E-state index is 12.3. The van der Waals surface area contributed by atoms with Gasteiger partial charge in [-0.05, 0) is 13.0 Å². The number of hydrogen-bond acceptors (Lipinski definition) is 6. The third kappa shape index (κ3) is 2.02. The summed E-state index contributed by atoms with van der Waals surface area (Å²) in [6.45, 7) is 1.72. The lowest BCUT2D eigenvalue weighted by Crippen LogP contribution is -2.40. The number of phenols is 1. The number of phenolic OH excluding ortho intramolecular Hbond substituents is 1. The molecule has 1 aliphatic carbocycles. The number of rotatable bonds is 2. The summed E-state index contributed by atoms with van der Waals surface area (Å²) in [5, 5.41) is 20.9. The van der Waals surface area contributed by atoms with Crippen LogP contribution in [0, 0.1) is 0 Å². The Morgan fingerprint density at radius 3 is 2.71 bits per heavy atom. The van der Waals surface area contributed by atoms with Gasteiger partial charge in [-0.3, -0.25) is 4.79 Å². The van der Waals surface area contributed by atoms with E-state index in [-0.39, 0.29) is 29.9 Å². The molecule has 0 radical (unpaired) electrons. The molecule has 3 atom stereocenters. The van der Waals surface area contributed by atoms with Gasteiger partial charge < -0.3 is 24.4 Å². The monoisotopic (exact) mass is 294 g/mol. The Bertz CT molecular complexity index is 612. The van der Waals surface area contributed by atoms with Gasteiger partial charge in [0, 0.05) is 31.6 Å². The first-order chi connectivity index (χ1) is 9.82. The maximum absolute atomic E-state index is 12.3. The molecule has 6 heteroatoms. The number of carbonyl (C=O) groups is 1. The van der Waals surface area contributed by atoms with Crippen molar-refractivity contribution in [2.45, 2.75) is 37.3 Å². The Morgan fingerprint density at radius 2 is 2.10 bits per heavy atom. The number of aromatic hydroxyl groups is 1. The standard InChI is InChI=1S/C15H18O6/c1-14(20-3)7-15(18)6-11(17)12-9(13(15)21-14)4-8(19-2)5-10(12)16/h4-5,13,16,18H,6-7H2,1-3H3/t13-,14?,15+/m0/s1. The molecule has 114 valence electrons. The molecular weight excluding hydrogens is 276 g/mol. The van der Waals surface area contributed by atoms with Crippen LogP contribution in [0.5, 0.6) is 11.5 Å². The van der Waals surface area contributed by atoms with E-state index < -0.39 is 17.5 Å². The first kappa shape index (κ1) is 14.3. The predicted molar refractivity (Wildman–Crippen MR) is 72.4 cm³/mol. The summed E-state index contributed by atoms with van der Waals surface area (Å²) in [4.78, 5) is 12.3. The fourth-order valence-electron chi connectivity index (χ4n) is 3.29. The van der Waals surface area contributed by atoms with E-state index >= 15 is 0 Å². The quantitative estimate of drug-likeness (QED) is 0.860. The molecule has 3 rings (SSSR count). The van der Waals surface area contributed by atoms with E-state index in [0.29, 0.717) is 11.3 Å².